The molecular weight excluding hydrogens is 211 g/mol. The van der Waals surface area contributed by atoms with Gasteiger partial charge in [0.05, 0.1) is 17.7 Å². The number of ether oxygens (including phenoxy) is 1. The van der Waals surface area contributed by atoms with Gasteiger partial charge in [-0.2, -0.15) is 0 Å². The Kier molecular flexibility index (Phi) is 3.19. The van der Waals surface area contributed by atoms with E-state index in [0.717, 1.165) is 13.2 Å². The third kappa shape index (κ3) is 1.75. The summed E-state index contributed by atoms with van der Waals surface area (Å²) in [7, 11) is 1.12. The van der Waals surface area contributed by atoms with Crippen molar-refractivity contribution in [2.75, 3.05) is 7.11 Å². The smallest absolute Gasteiger partial charge is 0.340 e. The zero-order valence-electron chi connectivity index (χ0n) is 7.21. The number of halogens is 2. The van der Waals surface area contributed by atoms with E-state index in [1.54, 1.807) is 0 Å². The van der Waals surface area contributed by atoms with Crippen LogP contribution in [0, 0.1) is 5.82 Å². The van der Waals surface area contributed by atoms with Gasteiger partial charge in [-0.05, 0) is 12.1 Å². The highest BCUT2D eigenvalue weighted by molar-refractivity contribution is 6.34. The molecule has 0 aliphatic heterocycles. The molecule has 0 atom stereocenters. The zero-order chi connectivity index (χ0) is 10.7. The molecule has 14 heavy (non-hydrogen) atoms. The Morgan fingerprint density at radius 1 is 1.57 bits per heavy atom. The van der Waals surface area contributed by atoms with Gasteiger partial charge in [-0.25, -0.2) is 9.18 Å². The maximum Gasteiger partial charge on any atom is 0.340 e. The predicted molar refractivity (Wildman–Crippen MR) is 48.1 cm³/mol. The van der Waals surface area contributed by atoms with E-state index in [2.05, 4.69) is 4.74 Å². The summed E-state index contributed by atoms with van der Waals surface area (Å²) in [6.45, 7) is 0. The highest BCUT2D eigenvalue weighted by Gasteiger charge is 2.18. The molecule has 1 rings (SSSR count). The number of hydrogen-bond donors (Lipinski definition) is 0. The second-order valence-corrected chi connectivity index (χ2v) is 2.81. The maximum absolute atomic E-state index is 12.9. The molecule has 0 aliphatic carbocycles. The Labute approximate surface area is 84.4 Å². The third-order valence-electron chi connectivity index (χ3n) is 1.64. The molecule has 0 saturated heterocycles. The van der Waals surface area contributed by atoms with Gasteiger partial charge in [-0.1, -0.05) is 11.6 Å². The van der Waals surface area contributed by atoms with E-state index in [1.807, 2.05) is 0 Å². The highest BCUT2D eigenvalue weighted by atomic mass is 35.5. The van der Waals surface area contributed by atoms with Gasteiger partial charge in [0.2, 0.25) is 0 Å². The number of aldehydes is 1. The summed E-state index contributed by atoms with van der Waals surface area (Å²) in [6.07, 6.45) is 0.414. The van der Waals surface area contributed by atoms with Crippen molar-refractivity contribution in [1.29, 1.82) is 0 Å². The van der Waals surface area contributed by atoms with Crippen LogP contribution in [0.1, 0.15) is 20.7 Å². The van der Waals surface area contributed by atoms with Gasteiger partial charge in [0.25, 0.3) is 0 Å². The molecule has 1 aromatic carbocycles. The first-order valence-corrected chi connectivity index (χ1v) is 4.01. The van der Waals surface area contributed by atoms with Crippen molar-refractivity contribution in [3.8, 4) is 0 Å². The van der Waals surface area contributed by atoms with Gasteiger partial charge in [0.15, 0.2) is 6.29 Å². The van der Waals surface area contributed by atoms with Crippen molar-refractivity contribution in [3.63, 3.8) is 0 Å². The summed E-state index contributed by atoms with van der Waals surface area (Å²) >= 11 is 5.52. The van der Waals surface area contributed by atoms with Crippen LogP contribution in [0.25, 0.3) is 0 Å². The minimum Gasteiger partial charge on any atom is -0.465 e. The van der Waals surface area contributed by atoms with E-state index in [4.69, 9.17) is 11.6 Å². The Bertz CT molecular complexity index is 390. The number of hydrogen-bond acceptors (Lipinski definition) is 3. The van der Waals surface area contributed by atoms with E-state index < -0.39 is 16.8 Å². The molecule has 0 unspecified atom stereocenters. The minimum atomic E-state index is -0.836. The van der Waals surface area contributed by atoms with Crippen molar-refractivity contribution < 1.29 is 18.7 Å². The Morgan fingerprint density at radius 3 is 2.71 bits per heavy atom. The van der Waals surface area contributed by atoms with Crippen LogP contribution >= 0.6 is 11.6 Å². The molecule has 0 heterocycles. The minimum absolute atomic E-state index is 0.00301. The monoisotopic (exact) mass is 216 g/mol. The lowest BCUT2D eigenvalue weighted by molar-refractivity contribution is 0.0598. The van der Waals surface area contributed by atoms with Gasteiger partial charge < -0.3 is 4.74 Å². The first-order chi connectivity index (χ1) is 6.61. The lowest BCUT2D eigenvalue weighted by Gasteiger charge is -2.05. The fourth-order valence-electron chi connectivity index (χ4n) is 0.973. The van der Waals surface area contributed by atoms with Crippen LogP contribution in [0.15, 0.2) is 12.1 Å². The van der Waals surface area contributed by atoms with Gasteiger partial charge in [0.1, 0.15) is 5.82 Å². The Balaban J connectivity index is 3.42. The second-order valence-electron chi connectivity index (χ2n) is 2.44. The number of carbonyl (C=O) groups excluding carboxylic acids is 2. The molecule has 5 heteroatoms. The molecule has 74 valence electrons. The summed E-state index contributed by atoms with van der Waals surface area (Å²) in [4.78, 5) is 21.7. The van der Waals surface area contributed by atoms with Crippen molar-refractivity contribution in [3.05, 3.63) is 34.1 Å². The summed E-state index contributed by atoms with van der Waals surface area (Å²) in [5, 5.41) is -0.401. The van der Waals surface area contributed by atoms with E-state index in [1.165, 1.54) is 6.07 Å². The van der Waals surface area contributed by atoms with Gasteiger partial charge in [-0.3, -0.25) is 4.79 Å². The van der Waals surface area contributed by atoms with E-state index in [0.29, 0.717) is 6.29 Å². The third-order valence-corrected chi connectivity index (χ3v) is 2.01. The number of rotatable bonds is 2. The number of carbonyl (C=O) groups is 2. The Morgan fingerprint density at radius 2 is 2.21 bits per heavy atom. The average molecular weight is 217 g/mol. The van der Waals surface area contributed by atoms with Crippen LogP contribution < -0.4 is 0 Å². The molecule has 0 amide bonds. The molecule has 3 nitrogen and oxygen atoms in total. The summed E-state index contributed by atoms with van der Waals surface area (Å²) in [5.74, 6) is -1.60. The molecular formula is C9H6ClFO3. The van der Waals surface area contributed by atoms with Crippen LogP contribution in [0.2, 0.25) is 5.02 Å². The number of benzene rings is 1. The van der Waals surface area contributed by atoms with Crippen LogP contribution in [-0.2, 0) is 4.74 Å². The van der Waals surface area contributed by atoms with Crippen LogP contribution in [0.5, 0.6) is 0 Å². The predicted octanol–water partition coefficient (Wildman–Crippen LogP) is 2.08. The van der Waals surface area contributed by atoms with Crippen LogP contribution in [0.4, 0.5) is 4.39 Å². The molecule has 1 aromatic rings. The lowest BCUT2D eigenvalue weighted by Crippen LogP contribution is -2.07. The molecule has 0 spiro atoms. The summed E-state index contributed by atoms with van der Waals surface area (Å²) in [5.41, 5.74) is -0.243. The normalized spacial score (nSPS) is 9.64. The molecule has 0 saturated carbocycles. The SMILES string of the molecule is COC(=O)c1c(C=O)ccc(F)c1Cl. The van der Waals surface area contributed by atoms with Crippen LogP contribution in [-0.4, -0.2) is 19.4 Å². The van der Waals surface area contributed by atoms with E-state index >= 15 is 0 Å². The second kappa shape index (κ2) is 4.19. The Hall–Kier alpha value is -1.42. The van der Waals surface area contributed by atoms with Crippen molar-refractivity contribution >= 4 is 23.9 Å². The number of methoxy groups -OCH3 is 1. The fraction of sp³-hybridized carbons (Fsp3) is 0.111. The maximum atomic E-state index is 12.9. The summed E-state index contributed by atoms with van der Waals surface area (Å²) < 4.78 is 17.3. The van der Waals surface area contributed by atoms with Crippen LogP contribution in [0.3, 0.4) is 0 Å². The van der Waals surface area contributed by atoms with Crippen molar-refractivity contribution in [1.82, 2.24) is 0 Å². The quantitative estimate of drug-likeness (QED) is 0.562. The largest absolute Gasteiger partial charge is 0.465 e. The first kappa shape index (κ1) is 10.7. The topological polar surface area (TPSA) is 43.4 Å². The fourth-order valence-corrected chi connectivity index (χ4v) is 1.22. The van der Waals surface area contributed by atoms with Crippen molar-refractivity contribution in [2.24, 2.45) is 0 Å². The van der Waals surface area contributed by atoms with E-state index in [-0.39, 0.29) is 11.1 Å². The lowest BCUT2D eigenvalue weighted by atomic mass is 10.1. The molecule has 0 radical (unpaired) electrons. The molecule has 0 N–H and O–H groups in total. The zero-order valence-corrected chi connectivity index (χ0v) is 7.97. The standard InChI is InChI=1S/C9H6ClFO3/c1-14-9(13)7-5(4-12)2-3-6(11)8(7)10/h2-4H,1H3. The summed E-state index contributed by atoms with van der Waals surface area (Å²) in [6, 6.07) is 2.18. The number of esters is 1. The molecule has 0 aliphatic rings. The molecule has 0 bridgehead atoms. The highest BCUT2D eigenvalue weighted by Crippen LogP contribution is 2.23. The van der Waals surface area contributed by atoms with E-state index in [9.17, 15) is 14.0 Å². The first-order valence-electron chi connectivity index (χ1n) is 3.63. The molecule has 0 fully saturated rings. The molecule has 0 aromatic heterocycles. The van der Waals surface area contributed by atoms with Gasteiger partial charge in [0, 0.05) is 5.56 Å². The average Bonchev–Trinajstić information content (AvgIpc) is 2.20. The van der Waals surface area contributed by atoms with Gasteiger partial charge >= 0.3 is 5.97 Å². The van der Waals surface area contributed by atoms with Gasteiger partial charge in [-0.15, -0.1) is 0 Å². The van der Waals surface area contributed by atoms with Crippen molar-refractivity contribution in [2.45, 2.75) is 0 Å².